The third-order valence-corrected chi connectivity index (χ3v) is 4.73. The molecule has 0 aromatic carbocycles. The first-order chi connectivity index (χ1) is 12.4. The molecule has 0 bridgehead atoms. The van der Waals surface area contributed by atoms with E-state index in [4.69, 9.17) is 0 Å². The van der Waals surface area contributed by atoms with Gasteiger partial charge in [0, 0.05) is 39.3 Å². The second-order valence-electron chi connectivity index (χ2n) is 5.57. The second kappa shape index (κ2) is 8.90. The molecule has 0 fully saturated rings. The summed E-state index contributed by atoms with van der Waals surface area (Å²) >= 11 is 2.72. The van der Waals surface area contributed by atoms with E-state index in [-0.39, 0.29) is 0 Å². The number of nitrogens with zero attached hydrogens (tertiary/aromatic N) is 7. The Morgan fingerprint density at radius 3 is 1.92 bits per heavy atom. The summed E-state index contributed by atoms with van der Waals surface area (Å²) in [5.74, 6) is 0. The number of thiophene rings is 2. The Kier molecular flexibility index (Phi) is 6.61. The maximum atomic E-state index is 9.23. The lowest BCUT2D eigenvalue weighted by molar-refractivity contribution is 0.643. The van der Waals surface area contributed by atoms with Gasteiger partial charge in [0.2, 0.25) is 0 Å². The lowest BCUT2D eigenvalue weighted by Crippen LogP contribution is -2.06. The highest BCUT2D eigenvalue weighted by Gasteiger charge is 2.09. The van der Waals surface area contributed by atoms with Crippen LogP contribution in [0.1, 0.15) is 16.0 Å². The fourth-order valence-corrected chi connectivity index (χ4v) is 3.33. The summed E-state index contributed by atoms with van der Waals surface area (Å²) in [6.45, 7) is 0. The molecule has 7 nitrogen and oxygen atoms in total. The first kappa shape index (κ1) is 19.3. The van der Waals surface area contributed by atoms with Crippen LogP contribution in [0.3, 0.4) is 0 Å². The predicted molar refractivity (Wildman–Crippen MR) is 109 cm³/mol. The molecule has 26 heavy (non-hydrogen) atoms. The van der Waals surface area contributed by atoms with Crippen LogP contribution < -0.4 is 0 Å². The Balaban J connectivity index is 2.25. The second-order valence-corrected chi connectivity index (χ2v) is 7.64. The van der Waals surface area contributed by atoms with E-state index in [0.717, 1.165) is 4.88 Å². The Morgan fingerprint density at radius 1 is 0.846 bits per heavy atom. The molecule has 2 rings (SSSR count). The molecule has 2 heterocycles. The summed E-state index contributed by atoms with van der Waals surface area (Å²) in [6.07, 6.45) is 4.97. The van der Waals surface area contributed by atoms with Gasteiger partial charge in [-0.3, -0.25) is 0 Å². The van der Waals surface area contributed by atoms with E-state index in [1.807, 2.05) is 28.2 Å². The fraction of sp³-hybridized carbons (Fsp3) is 0.235. The van der Waals surface area contributed by atoms with Crippen LogP contribution >= 0.6 is 22.7 Å². The molecule has 0 aliphatic heterocycles. The zero-order valence-electron chi connectivity index (χ0n) is 14.8. The maximum Gasteiger partial charge on any atom is 0.137 e. The highest BCUT2D eigenvalue weighted by molar-refractivity contribution is 7.20. The molecule has 0 unspecified atom stereocenters. The van der Waals surface area contributed by atoms with Crippen molar-refractivity contribution >= 4 is 56.6 Å². The molecule has 132 valence electrons. The van der Waals surface area contributed by atoms with Crippen molar-refractivity contribution < 1.29 is 0 Å². The highest BCUT2D eigenvalue weighted by Crippen LogP contribution is 2.36. The van der Waals surface area contributed by atoms with E-state index >= 15 is 0 Å². The van der Waals surface area contributed by atoms with Crippen molar-refractivity contribution in [2.45, 2.75) is 0 Å². The smallest absolute Gasteiger partial charge is 0.137 e. The van der Waals surface area contributed by atoms with Gasteiger partial charge in [-0.1, -0.05) is 11.3 Å². The fourth-order valence-electron chi connectivity index (χ4n) is 1.71. The van der Waals surface area contributed by atoms with Crippen LogP contribution in [-0.2, 0) is 0 Å². The van der Waals surface area contributed by atoms with Gasteiger partial charge in [-0.25, -0.2) is 15.0 Å². The molecule has 2 aromatic rings. The number of hydrogen-bond donors (Lipinski definition) is 0. The number of hydrogen-bond acceptors (Lipinski definition) is 7. The van der Waals surface area contributed by atoms with E-state index in [1.54, 1.807) is 40.8 Å². The van der Waals surface area contributed by atoms with Crippen molar-refractivity contribution in [3.63, 3.8) is 0 Å². The monoisotopic (exact) mass is 383 g/mol. The number of nitriles is 2. The molecule has 0 aliphatic carbocycles. The molecule has 0 aliphatic rings. The van der Waals surface area contributed by atoms with Crippen molar-refractivity contribution in [1.29, 1.82) is 10.5 Å². The predicted octanol–water partition coefficient (Wildman–Crippen LogP) is 3.75. The summed E-state index contributed by atoms with van der Waals surface area (Å²) < 4.78 is 0. The largest absolute Gasteiger partial charge is 0.369 e. The van der Waals surface area contributed by atoms with Crippen molar-refractivity contribution in [2.24, 2.45) is 15.0 Å². The van der Waals surface area contributed by atoms with Crippen molar-refractivity contribution in [3.8, 4) is 12.1 Å². The summed E-state index contributed by atoms with van der Waals surface area (Å²) in [7, 11) is 7.46. The van der Waals surface area contributed by atoms with Crippen LogP contribution in [0.5, 0.6) is 0 Å². The van der Waals surface area contributed by atoms with Gasteiger partial charge in [0.15, 0.2) is 0 Å². The topological polar surface area (TPSA) is 91.1 Å². The molecular formula is C17H17N7S2. The van der Waals surface area contributed by atoms with E-state index in [0.29, 0.717) is 26.1 Å². The molecule has 2 aromatic heterocycles. The van der Waals surface area contributed by atoms with Gasteiger partial charge in [0.05, 0.1) is 23.8 Å². The van der Waals surface area contributed by atoms with E-state index < -0.39 is 0 Å². The minimum absolute atomic E-state index is 0.486. The lowest BCUT2D eigenvalue weighted by atomic mass is 10.3. The van der Waals surface area contributed by atoms with Crippen LogP contribution in [0.4, 0.5) is 15.0 Å². The number of rotatable bonds is 6. The number of aliphatic imine (C=N–C) groups is 3. The summed E-state index contributed by atoms with van der Waals surface area (Å²) in [6, 6.07) is 7.72. The Hall–Kier alpha value is -3.01. The third kappa shape index (κ3) is 5.24. The Labute approximate surface area is 160 Å². The summed E-state index contributed by atoms with van der Waals surface area (Å²) in [5.41, 5.74) is 0.995. The molecule has 0 radical (unpaired) electrons. The molecule has 9 heteroatoms. The highest BCUT2D eigenvalue weighted by atomic mass is 32.1. The molecule has 0 saturated heterocycles. The maximum absolute atomic E-state index is 9.23. The van der Waals surface area contributed by atoms with E-state index in [2.05, 4.69) is 27.1 Å². The summed E-state index contributed by atoms with van der Waals surface area (Å²) in [5, 5.41) is 20.4. The van der Waals surface area contributed by atoms with Gasteiger partial charge in [-0.15, -0.1) is 11.3 Å². The quantitative estimate of drug-likeness (QED) is 0.561. The van der Waals surface area contributed by atoms with Gasteiger partial charge in [-0.05, 0) is 12.1 Å². The average molecular weight is 384 g/mol. The van der Waals surface area contributed by atoms with Gasteiger partial charge < -0.3 is 9.80 Å². The third-order valence-electron chi connectivity index (χ3n) is 2.80. The van der Waals surface area contributed by atoms with Crippen LogP contribution in [0.15, 0.2) is 27.1 Å². The lowest BCUT2D eigenvalue weighted by Gasteiger charge is -2.00. The van der Waals surface area contributed by atoms with Crippen LogP contribution in [0.2, 0.25) is 0 Å². The van der Waals surface area contributed by atoms with Crippen LogP contribution in [0.25, 0.3) is 0 Å². The van der Waals surface area contributed by atoms with Crippen LogP contribution in [-0.4, -0.2) is 56.9 Å². The Morgan fingerprint density at radius 2 is 1.38 bits per heavy atom. The van der Waals surface area contributed by atoms with E-state index in [1.165, 1.54) is 22.7 Å². The Bertz CT molecular complexity index is 857. The standard InChI is InChI=1S/C17H17N7S2/c1-23(2)10-21-16-12(7-18)5-14(25-16)9-20-15-6-13(8-19)17(26-15)22-11-24(3)4/h5-6,9-11H,1-4H3/b20-9+,21-10+,22-11+. The van der Waals surface area contributed by atoms with Gasteiger partial charge in [0.1, 0.15) is 27.1 Å². The van der Waals surface area contributed by atoms with Crippen molar-refractivity contribution in [1.82, 2.24) is 9.80 Å². The van der Waals surface area contributed by atoms with Crippen molar-refractivity contribution in [3.05, 3.63) is 28.1 Å². The molecule has 0 spiro atoms. The van der Waals surface area contributed by atoms with E-state index in [9.17, 15) is 10.5 Å². The zero-order valence-corrected chi connectivity index (χ0v) is 16.5. The molecule has 0 N–H and O–H groups in total. The SMILES string of the molecule is CN(C)/C=N/c1sc(/C=N/c2cc(C#N)c(/N=C/N(C)C)s2)cc1C#N. The molecule has 0 atom stereocenters. The van der Waals surface area contributed by atoms with Gasteiger partial charge in [-0.2, -0.15) is 10.5 Å². The minimum atomic E-state index is 0.486. The summed E-state index contributed by atoms with van der Waals surface area (Å²) in [4.78, 5) is 17.4. The van der Waals surface area contributed by atoms with Gasteiger partial charge in [0.25, 0.3) is 0 Å². The molecular weight excluding hydrogens is 366 g/mol. The average Bonchev–Trinajstić information content (AvgIpc) is 3.19. The van der Waals surface area contributed by atoms with Gasteiger partial charge >= 0.3 is 0 Å². The van der Waals surface area contributed by atoms with Crippen molar-refractivity contribution in [2.75, 3.05) is 28.2 Å². The minimum Gasteiger partial charge on any atom is -0.369 e. The first-order valence-electron chi connectivity index (χ1n) is 7.46. The normalized spacial score (nSPS) is 11.3. The molecule has 0 amide bonds. The molecule has 0 saturated carbocycles. The first-order valence-corrected chi connectivity index (χ1v) is 9.09. The zero-order chi connectivity index (χ0) is 19.1. The van der Waals surface area contributed by atoms with Crippen LogP contribution in [0, 0.1) is 22.7 Å².